The van der Waals surface area contributed by atoms with Gasteiger partial charge in [0.15, 0.2) is 0 Å². The monoisotopic (exact) mass is 485 g/mol. The normalized spacial score (nSPS) is 17.1. The number of carbonyl (C=O) groups is 2. The summed E-state index contributed by atoms with van der Waals surface area (Å²) in [5.74, 6) is -0.110. The molecule has 3 aromatic carbocycles. The molecule has 1 amide bonds. The van der Waals surface area contributed by atoms with Crippen LogP contribution >= 0.6 is 0 Å². The standard InChI is InChI=1S/C30H31NO5/c1-18(2)23-16-20(14-15-25(23)36-5)28(32)26-27(22-12-8-6-10-19(22)3)31(30(34)29(26)33)17-21-11-7-9-13-24(21)35-4/h6-16,18,27,32H,17H2,1-5H3/b28-26+. The van der Waals surface area contributed by atoms with Crippen LogP contribution in [0.15, 0.2) is 72.3 Å². The molecule has 0 spiro atoms. The number of hydrogen-bond acceptors (Lipinski definition) is 5. The first kappa shape index (κ1) is 25.0. The summed E-state index contributed by atoms with van der Waals surface area (Å²) in [4.78, 5) is 28.4. The van der Waals surface area contributed by atoms with E-state index in [1.54, 1.807) is 26.4 Å². The van der Waals surface area contributed by atoms with Crippen molar-refractivity contribution in [2.75, 3.05) is 14.2 Å². The lowest BCUT2D eigenvalue weighted by Crippen LogP contribution is -2.29. The molecule has 0 bridgehead atoms. The van der Waals surface area contributed by atoms with Crippen LogP contribution in [0.2, 0.25) is 0 Å². The van der Waals surface area contributed by atoms with E-state index < -0.39 is 17.7 Å². The van der Waals surface area contributed by atoms with Crippen LogP contribution in [0.25, 0.3) is 5.76 Å². The fourth-order valence-corrected chi connectivity index (χ4v) is 4.77. The Morgan fingerprint density at radius 3 is 2.28 bits per heavy atom. The van der Waals surface area contributed by atoms with Crippen molar-refractivity contribution in [1.82, 2.24) is 4.90 Å². The van der Waals surface area contributed by atoms with Gasteiger partial charge in [-0.2, -0.15) is 0 Å². The number of amides is 1. The van der Waals surface area contributed by atoms with E-state index in [2.05, 4.69) is 0 Å². The molecule has 6 nitrogen and oxygen atoms in total. The maximum absolute atomic E-state index is 13.4. The predicted molar refractivity (Wildman–Crippen MR) is 139 cm³/mol. The van der Waals surface area contributed by atoms with Crippen LogP contribution in [-0.4, -0.2) is 35.9 Å². The molecular weight excluding hydrogens is 454 g/mol. The third-order valence-electron chi connectivity index (χ3n) is 6.68. The van der Waals surface area contributed by atoms with Gasteiger partial charge < -0.3 is 19.5 Å². The van der Waals surface area contributed by atoms with Gasteiger partial charge in [-0.3, -0.25) is 9.59 Å². The van der Waals surface area contributed by atoms with Crippen molar-refractivity contribution in [3.8, 4) is 11.5 Å². The van der Waals surface area contributed by atoms with Gasteiger partial charge in [0.2, 0.25) is 0 Å². The first-order valence-electron chi connectivity index (χ1n) is 11.9. The minimum atomic E-state index is -0.749. The van der Waals surface area contributed by atoms with Gasteiger partial charge in [-0.15, -0.1) is 0 Å². The predicted octanol–water partition coefficient (Wildman–Crippen LogP) is 5.76. The molecular formula is C30H31NO5. The van der Waals surface area contributed by atoms with Gasteiger partial charge in [-0.05, 0) is 53.8 Å². The SMILES string of the molecule is COc1ccccc1CN1C(=O)C(=O)/C(=C(/O)c2ccc(OC)c(C(C)C)c2)C1c1ccccc1C. The van der Waals surface area contributed by atoms with Crippen molar-refractivity contribution in [2.24, 2.45) is 0 Å². The highest BCUT2D eigenvalue weighted by Gasteiger charge is 2.46. The number of ether oxygens (including phenoxy) is 2. The summed E-state index contributed by atoms with van der Waals surface area (Å²) >= 11 is 0. The van der Waals surface area contributed by atoms with E-state index in [0.29, 0.717) is 17.1 Å². The van der Waals surface area contributed by atoms with Gasteiger partial charge >= 0.3 is 0 Å². The highest BCUT2D eigenvalue weighted by molar-refractivity contribution is 6.46. The smallest absolute Gasteiger partial charge is 0.295 e. The molecule has 36 heavy (non-hydrogen) atoms. The number of methoxy groups -OCH3 is 2. The Balaban J connectivity index is 1.91. The first-order valence-corrected chi connectivity index (χ1v) is 11.9. The zero-order valence-corrected chi connectivity index (χ0v) is 21.2. The van der Waals surface area contributed by atoms with Crippen LogP contribution in [0.1, 0.15) is 53.6 Å². The van der Waals surface area contributed by atoms with E-state index in [4.69, 9.17) is 9.47 Å². The summed E-state index contributed by atoms with van der Waals surface area (Å²) in [5, 5.41) is 11.5. The molecule has 1 aliphatic rings. The van der Waals surface area contributed by atoms with Gasteiger partial charge in [0, 0.05) is 11.1 Å². The number of hydrogen-bond donors (Lipinski definition) is 1. The molecule has 1 atom stereocenters. The summed E-state index contributed by atoms with van der Waals surface area (Å²) in [6.45, 7) is 6.15. The van der Waals surface area contributed by atoms with Crippen molar-refractivity contribution >= 4 is 17.4 Å². The lowest BCUT2D eigenvalue weighted by Gasteiger charge is -2.27. The first-order chi connectivity index (χ1) is 17.3. The fraction of sp³-hybridized carbons (Fsp3) is 0.267. The number of Topliss-reactive ketones (excluding diaryl/α,β-unsaturated/α-hetero) is 1. The molecule has 1 heterocycles. The molecule has 0 saturated carbocycles. The van der Waals surface area contributed by atoms with Crippen LogP contribution in [-0.2, 0) is 16.1 Å². The Kier molecular flexibility index (Phi) is 7.15. The van der Waals surface area contributed by atoms with Gasteiger partial charge in [0.1, 0.15) is 17.3 Å². The number of carbonyl (C=O) groups excluding carboxylic acids is 2. The molecule has 1 saturated heterocycles. The highest BCUT2D eigenvalue weighted by Crippen LogP contribution is 2.42. The molecule has 3 aromatic rings. The van der Waals surface area contributed by atoms with E-state index in [1.165, 1.54) is 4.90 Å². The van der Waals surface area contributed by atoms with Crippen molar-refractivity contribution in [3.63, 3.8) is 0 Å². The second kappa shape index (κ2) is 10.3. The second-order valence-corrected chi connectivity index (χ2v) is 9.21. The Morgan fingerprint density at radius 2 is 1.61 bits per heavy atom. The number of aliphatic hydroxyl groups is 1. The Labute approximate surface area is 211 Å². The van der Waals surface area contributed by atoms with E-state index in [0.717, 1.165) is 22.3 Å². The third-order valence-corrected chi connectivity index (χ3v) is 6.68. The van der Waals surface area contributed by atoms with Gasteiger partial charge in [-0.1, -0.05) is 56.3 Å². The lowest BCUT2D eigenvalue weighted by atomic mass is 9.91. The number of aliphatic hydroxyl groups excluding tert-OH is 1. The average Bonchev–Trinajstić information content (AvgIpc) is 3.13. The molecule has 6 heteroatoms. The quantitative estimate of drug-likeness (QED) is 0.262. The van der Waals surface area contributed by atoms with Crippen LogP contribution in [0.3, 0.4) is 0 Å². The van der Waals surface area contributed by atoms with E-state index in [-0.39, 0.29) is 23.8 Å². The topological polar surface area (TPSA) is 76.1 Å². The molecule has 186 valence electrons. The Morgan fingerprint density at radius 1 is 0.944 bits per heavy atom. The van der Waals surface area contributed by atoms with E-state index >= 15 is 0 Å². The number of rotatable bonds is 7. The second-order valence-electron chi connectivity index (χ2n) is 9.21. The van der Waals surface area contributed by atoms with Gasteiger partial charge in [0.25, 0.3) is 11.7 Å². The summed E-state index contributed by atoms with van der Waals surface area (Å²) in [7, 11) is 3.17. The largest absolute Gasteiger partial charge is 0.507 e. The Bertz CT molecular complexity index is 1340. The molecule has 1 aliphatic heterocycles. The van der Waals surface area contributed by atoms with Crippen molar-refractivity contribution in [2.45, 2.75) is 39.3 Å². The molecule has 0 radical (unpaired) electrons. The summed E-state index contributed by atoms with van der Waals surface area (Å²) in [6.07, 6.45) is 0. The van der Waals surface area contributed by atoms with Crippen LogP contribution in [0, 0.1) is 6.92 Å². The lowest BCUT2D eigenvalue weighted by molar-refractivity contribution is -0.140. The van der Waals surface area contributed by atoms with Gasteiger partial charge in [0.05, 0.1) is 32.4 Å². The number of likely N-dealkylation sites (tertiary alicyclic amines) is 1. The third kappa shape index (κ3) is 4.47. The number of ketones is 1. The summed E-state index contributed by atoms with van der Waals surface area (Å²) in [5.41, 5.74) is 3.91. The van der Waals surface area contributed by atoms with Crippen molar-refractivity contribution in [3.05, 3.63) is 100 Å². The number of nitrogens with zero attached hydrogens (tertiary/aromatic N) is 1. The molecule has 1 N–H and O–H groups in total. The zero-order valence-electron chi connectivity index (χ0n) is 21.2. The Hall–Kier alpha value is -4.06. The number of benzene rings is 3. The highest BCUT2D eigenvalue weighted by atomic mass is 16.5. The van der Waals surface area contributed by atoms with Gasteiger partial charge in [-0.25, -0.2) is 0 Å². The maximum Gasteiger partial charge on any atom is 0.295 e. The van der Waals surface area contributed by atoms with Crippen molar-refractivity contribution in [1.29, 1.82) is 0 Å². The number of aryl methyl sites for hydroxylation is 1. The molecule has 0 aromatic heterocycles. The van der Waals surface area contributed by atoms with E-state index in [1.807, 2.05) is 75.4 Å². The summed E-state index contributed by atoms with van der Waals surface area (Å²) < 4.78 is 11.0. The molecule has 0 aliphatic carbocycles. The minimum absolute atomic E-state index is 0.0732. The maximum atomic E-state index is 13.4. The minimum Gasteiger partial charge on any atom is -0.507 e. The van der Waals surface area contributed by atoms with Crippen LogP contribution < -0.4 is 9.47 Å². The van der Waals surface area contributed by atoms with Crippen molar-refractivity contribution < 1.29 is 24.2 Å². The molecule has 1 unspecified atom stereocenters. The fourth-order valence-electron chi connectivity index (χ4n) is 4.77. The molecule has 1 fully saturated rings. The van der Waals surface area contributed by atoms with E-state index in [9.17, 15) is 14.7 Å². The summed E-state index contributed by atoms with van der Waals surface area (Å²) in [6, 6.07) is 19.6. The molecule has 4 rings (SSSR count). The average molecular weight is 486 g/mol. The van der Waals surface area contributed by atoms with Crippen LogP contribution in [0.4, 0.5) is 0 Å². The van der Waals surface area contributed by atoms with Crippen LogP contribution in [0.5, 0.6) is 11.5 Å². The zero-order chi connectivity index (χ0) is 26.0. The number of para-hydroxylation sites is 1.